The zero-order chi connectivity index (χ0) is 17.4. The van der Waals surface area contributed by atoms with Gasteiger partial charge in [-0.3, -0.25) is 9.78 Å². The van der Waals surface area contributed by atoms with Crippen LogP contribution >= 0.6 is 0 Å². The van der Waals surface area contributed by atoms with E-state index in [0.29, 0.717) is 17.9 Å². The number of para-hydroxylation sites is 1. The lowest BCUT2D eigenvalue weighted by Gasteiger charge is -2.10. The second-order valence-electron chi connectivity index (χ2n) is 5.07. The topological polar surface area (TPSA) is 80.3 Å². The molecular formula is C18H21N3O3. The van der Waals surface area contributed by atoms with E-state index in [0.717, 1.165) is 17.7 Å². The predicted molar refractivity (Wildman–Crippen MR) is 91.9 cm³/mol. The Morgan fingerprint density at radius 3 is 2.71 bits per heavy atom. The molecule has 0 aliphatic heterocycles. The van der Waals surface area contributed by atoms with Crippen molar-refractivity contribution in [2.75, 3.05) is 11.9 Å². The standard InChI is InChI=1S/C18H21N3O3/c1-3-13-7-5-6-8-16(13)21-17(22)14-9-10-19-15(11-14)12-20-18(23)24-4-2/h5-11H,3-4,12H2,1-2H3,(H,20,23)(H,21,22). The number of alkyl carbamates (subject to hydrolysis) is 1. The molecule has 2 aromatic rings. The van der Waals surface area contributed by atoms with Gasteiger partial charge in [0.05, 0.1) is 18.8 Å². The molecule has 1 heterocycles. The minimum Gasteiger partial charge on any atom is -0.450 e. The first-order chi connectivity index (χ1) is 11.6. The van der Waals surface area contributed by atoms with Crippen LogP contribution in [0.2, 0.25) is 0 Å². The monoisotopic (exact) mass is 327 g/mol. The summed E-state index contributed by atoms with van der Waals surface area (Å²) >= 11 is 0. The highest BCUT2D eigenvalue weighted by Gasteiger charge is 2.10. The van der Waals surface area contributed by atoms with Crippen molar-refractivity contribution in [2.24, 2.45) is 0 Å². The van der Waals surface area contributed by atoms with Gasteiger partial charge in [0.25, 0.3) is 5.91 Å². The van der Waals surface area contributed by atoms with E-state index in [9.17, 15) is 9.59 Å². The van der Waals surface area contributed by atoms with Crippen LogP contribution in [0.4, 0.5) is 10.5 Å². The summed E-state index contributed by atoms with van der Waals surface area (Å²) in [6.07, 6.45) is 1.87. The van der Waals surface area contributed by atoms with Gasteiger partial charge in [0.2, 0.25) is 0 Å². The molecule has 0 unspecified atom stereocenters. The average Bonchev–Trinajstić information content (AvgIpc) is 2.61. The number of pyridine rings is 1. The Balaban J connectivity index is 2.04. The van der Waals surface area contributed by atoms with Gasteiger partial charge in [0.1, 0.15) is 0 Å². The molecule has 0 atom stereocenters. The molecule has 0 saturated carbocycles. The van der Waals surface area contributed by atoms with Crippen LogP contribution in [-0.2, 0) is 17.7 Å². The van der Waals surface area contributed by atoms with Gasteiger partial charge in [-0.05, 0) is 37.1 Å². The lowest BCUT2D eigenvalue weighted by Crippen LogP contribution is -2.24. The predicted octanol–water partition coefficient (Wildman–Crippen LogP) is 3.14. The normalized spacial score (nSPS) is 10.1. The minimum absolute atomic E-state index is 0.200. The molecule has 2 amide bonds. The quantitative estimate of drug-likeness (QED) is 0.854. The maximum atomic E-state index is 12.4. The van der Waals surface area contributed by atoms with Gasteiger partial charge in [0, 0.05) is 17.4 Å². The van der Waals surface area contributed by atoms with Crippen LogP contribution < -0.4 is 10.6 Å². The van der Waals surface area contributed by atoms with Crippen LogP contribution in [0.5, 0.6) is 0 Å². The third-order valence-electron chi connectivity index (χ3n) is 3.41. The van der Waals surface area contributed by atoms with E-state index in [4.69, 9.17) is 4.74 Å². The maximum absolute atomic E-state index is 12.4. The lowest BCUT2D eigenvalue weighted by molar-refractivity contribution is 0.102. The molecule has 0 fully saturated rings. The number of carbonyl (C=O) groups excluding carboxylic acids is 2. The summed E-state index contributed by atoms with van der Waals surface area (Å²) in [6.45, 7) is 4.28. The molecule has 2 rings (SSSR count). The largest absolute Gasteiger partial charge is 0.450 e. The van der Waals surface area contributed by atoms with E-state index in [-0.39, 0.29) is 12.5 Å². The van der Waals surface area contributed by atoms with Crippen LogP contribution in [-0.4, -0.2) is 23.6 Å². The number of amides is 2. The van der Waals surface area contributed by atoms with Crippen molar-refractivity contribution in [2.45, 2.75) is 26.8 Å². The van der Waals surface area contributed by atoms with Crippen LogP contribution in [0.25, 0.3) is 0 Å². The van der Waals surface area contributed by atoms with Gasteiger partial charge in [-0.15, -0.1) is 0 Å². The molecule has 6 nitrogen and oxygen atoms in total. The highest BCUT2D eigenvalue weighted by molar-refractivity contribution is 6.04. The zero-order valence-electron chi connectivity index (χ0n) is 13.8. The van der Waals surface area contributed by atoms with Crippen LogP contribution in [0, 0.1) is 0 Å². The highest BCUT2D eigenvalue weighted by Crippen LogP contribution is 2.16. The Kier molecular flexibility index (Phi) is 6.31. The molecule has 0 spiro atoms. The highest BCUT2D eigenvalue weighted by atomic mass is 16.5. The van der Waals surface area contributed by atoms with E-state index in [1.165, 1.54) is 0 Å². The van der Waals surface area contributed by atoms with Crippen molar-refractivity contribution < 1.29 is 14.3 Å². The Morgan fingerprint density at radius 1 is 1.17 bits per heavy atom. The molecule has 2 N–H and O–H groups in total. The second kappa shape index (κ2) is 8.67. The molecule has 0 saturated heterocycles. The first kappa shape index (κ1) is 17.5. The fraction of sp³-hybridized carbons (Fsp3) is 0.278. The summed E-state index contributed by atoms with van der Waals surface area (Å²) in [7, 11) is 0. The molecule has 0 radical (unpaired) electrons. The third-order valence-corrected chi connectivity index (χ3v) is 3.41. The van der Waals surface area contributed by atoms with Crippen molar-refractivity contribution in [1.82, 2.24) is 10.3 Å². The number of nitrogens with zero attached hydrogens (tertiary/aromatic N) is 1. The van der Waals surface area contributed by atoms with Gasteiger partial charge in [0.15, 0.2) is 0 Å². The van der Waals surface area contributed by atoms with E-state index in [1.807, 2.05) is 31.2 Å². The van der Waals surface area contributed by atoms with Gasteiger partial charge >= 0.3 is 6.09 Å². The number of benzene rings is 1. The smallest absolute Gasteiger partial charge is 0.407 e. The second-order valence-corrected chi connectivity index (χ2v) is 5.07. The van der Waals surface area contributed by atoms with Gasteiger partial charge in [-0.2, -0.15) is 0 Å². The molecule has 1 aromatic carbocycles. The number of hydrogen-bond donors (Lipinski definition) is 2. The lowest BCUT2D eigenvalue weighted by atomic mass is 10.1. The van der Waals surface area contributed by atoms with Crippen molar-refractivity contribution in [1.29, 1.82) is 0 Å². The molecule has 0 aliphatic carbocycles. The summed E-state index contributed by atoms with van der Waals surface area (Å²) in [5.74, 6) is -0.212. The van der Waals surface area contributed by atoms with Crippen molar-refractivity contribution >= 4 is 17.7 Å². The number of rotatable bonds is 6. The number of ether oxygens (including phenoxy) is 1. The van der Waals surface area contributed by atoms with Crippen LogP contribution in [0.15, 0.2) is 42.6 Å². The molecular weight excluding hydrogens is 306 g/mol. The van der Waals surface area contributed by atoms with E-state index >= 15 is 0 Å². The Hall–Kier alpha value is -2.89. The minimum atomic E-state index is -0.508. The van der Waals surface area contributed by atoms with Crippen molar-refractivity contribution in [3.63, 3.8) is 0 Å². The average molecular weight is 327 g/mol. The number of anilines is 1. The molecule has 126 valence electrons. The Bertz CT molecular complexity index is 716. The number of carbonyl (C=O) groups is 2. The fourth-order valence-corrected chi connectivity index (χ4v) is 2.21. The first-order valence-electron chi connectivity index (χ1n) is 7.88. The number of nitrogens with one attached hydrogen (secondary N) is 2. The molecule has 6 heteroatoms. The SMILES string of the molecule is CCOC(=O)NCc1cc(C(=O)Nc2ccccc2CC)ccn1. The van der Waals surface area contributed by atoms with Crippen molar-refractivity contribution in [3.8, 4) is 0 Å². The number of aryl methyl sites for hydroxylation is 1. The molecule has 0 bridgehead atoms. The van der Waals surface area contributed by atoms with Gasteiger partial charge < -0.3 is 15.4 Å². The molecule has 1 aromatic heterocycles. The summed E-state index contributed by atoms with van der Waals surface area (Å²) in [4.78, 5) is 27.9. The Morgan fingerprint density at radius 2 is 1.96 bits per heavy atom. The number of hydrogen-bond acceptors (Lipinski definition) is 4. The summed E-state index contributed by atoms with van der Waals surface area (Å²) in [5.41, 5.74) is 2.94. The maximum Gasteiger partial charge on any atom is 0.407 e. The summed E-state index contributed by atoms with van der Waals surface area (Å²) in [6, 6.07) is 11.0. The van der Waals surface area contributed by atoms with Gasteiger partial charge in [-0.1, -0.05) is 25.1 Å². The zero-order valence-corrected chi connectivity index (χ0v) is 13.8. The van der Waals surface area contributed by atoms with E-state index in [1.54, 1.807) is 25.3 Å². The van der Waals surface area contributed by atoms with E-state index < -0.39 is 6.09 Å². The summed E-state index contributed by atoms with van der Waals surface area (Å²) in [5, 5.41) is 5.49. The van der Waals surface area contributed by atoms with E-state index in [2.05, 4.69) is 15.6 Å². The number of aromatic nitrogens is 1. The molecule has 0 aliphatic rings. The van der Waals surface area contributed by atoms with Gasteiger partial charge in [-0.25, -0.2) is 4.79 Å². The Labute approximate surface area is 141 Å². The third kappa shape index (κ3) is 4.81. The molecule has 24 heavy (non-hydrogen) atoms. The van der Waals surface area contributed by atoms with Crippen LogP contribution in [0.3, 0.4) is 0 Å². The van der Waals surface area contributed by atoms with Crippen molar-refractivity contribution in [3.05, 3.63) is 59.4 Å². The van der Waals surface area contributed by atoms with Crippen LogP contribution in [0.1, 0.15) is 35.5 Å². The first-order valence-corrected chi connectivity index (χ1v) is 7.88. The fourth-order valence-electron chi connectivity index (χ4n) is 2.21. The summed E-state index contributed by atoms with van der Waals surface area (Å²) < 4.78 is 4.79.